The summed E-state index contributed by atoms with van der Waals surface area (Å²) < 4.78 is 0. The predicted octanol–water partition coefficient (Wildman–Crippen LogP) is 2.08. The Morgan fingerprint density at radius 3 is 2.30 bits per heavy atom. The van der Waals surface area contributed by atoms with Crippen LogP contribution in [0.5, 0.6) is 0 Å². The zero-order chi connectivity index (χ0) is 15.2. The molecule has 4 nitrogen and oxygen atoms in total. The normalized spacial score (nSPS) is 19.9. The first-order chi connectivity index (χ1) is 9.44. The van der Waals surface area contributed by atoms with Crippen molar-refractivity contribution < 1.29 is 4.79 Å². The summed E-state index contributed by atoms with van der Waals surface area (Å²) in [5.74, 6) is 0.286. The molecule has 0 bridgehead atoms. The molecular formula is C16H33N3O. The van der Waals surface area contributed by atoms with E-state index in [1.807, 2.05) is 4.90 Å². The van der Waals surface area contributed by atoms with Crippen LogP contribution in [0.1, 0.15) is 52.4 Å². The molecule has 0 heterocycles. The van der Waals surface area contributed by atoms with Crippen LogP contribution in [0.2, 0.25) is 0 Å². The van der Waals surface area contributed by atoms with Gasteiger partial charge < -0.3 is 15.5 Å². The molecule has 1 unspecified atom stereocenters. The fourth-order valence-corrected chi connectivity index (χ4v) is 3.54. The molecule has 0 spiro atoms. The van der Waals surface area contributed by atoms with Gasteiger partial charge in [-0.2, -0.15) is 0 Å². The molecule has 4 heteroatoms. The summed E-state index contributed by atoms with van der Waals surface area (Å²) in [4.78, 5) is 16.8. The number of nitrogens with two attached hydrogens (primary N) is 1. The lowest BCUT2D eigenvalue weighted by atomic mass is 9.71. The Hall–Kier alpha value is -0.610. The van der Waals surface area contributed by atoms with E-state index in [4.69, 9.17) is 5.73 Å². The lowest BCUT2D eigenvalue weighted by Crippen LogP contribution is -2.46. The minimum absolute atomic E-state index is 0.0700. The van der Waals surface area contributed by atoms with Crippen molar-refractivity contribution in [3.05, 3.63) is 0 Å². The third-order valence-electron chi connectivity index (χ3n) is 4.70. The molecule has 1 aliphatic rings. The quantitative estimate of drug-likeness (QED) is 0.778. The summed E-state index contributed by atoms with van der Waals surface area (Å²) in [5.41, 5.74) is 6.08. The highest BCUT2D eigenvalue weighted by atomic mass is 16.2. The lowest BCUT2D eigenvalue weighted by Gasteiger charge is -2.38. The van der Waals surface area contributed by atoms with Gasteiger partial charge in [-0.1, -0.05) is 19.3 Å². The maximum atomic E-state index is 12.7. The van der Waals surface area contributed by atoms with Crippen LogP contribution in [0.15, 0.2) is 0 Å². The van der Waals surface area contributed by atoms with Gasteiger partial charge in [0.15, 0.2) is 0 Å². The minimum Gasteiger partial charge on any atom is -0.339 e. The van der Waals surface area contributed by atoms with Gasteiger partial charge in [-0.15, -0.1) is 0 Å². The average molecular weight is 283 g/mol. The Balaban J connectivity index is 2.65. The molecule has 1 aliphatic carbocycles. The van der Waals surface area contributed by atoms with Crippen LogP contribution in [0.25, 0.3) is 0 Å². The fraction of sp³-hybridized carbons (Fsp3) is 0.938. The Kier molecular flexibility index (Phi) is 6.96. The molecule has 0 aliphatic heterocycles. The molecule has 1 amide bonds. The second-order valence-corrected chi connectivity index (χ2v) is 6.73. The van der Waals surface area contributed by atoms with Gasteiger partial charge in [0.25, 0.3) is 0 Å². The number of rotatable bonds is 7. The first kappa shape index (κ1) is 17.4. The minimum atomic E-state index is 0.0700. The number of nitrogens with zero attached hydrogens (tertiary/aromatic N) is 2. The van der Waals surface area contributed by atoms with Gasteiger partial charge in [0.1, 0.15) is 0 Å². The fourth-order valence-electron chi connectivity index (χ4n) is 3.54. The standard InChI is InChI=1S/C16H33N3O/c1-5-19(14(2)12-18(3)4)15(20)11-16(13-17)9-7-6-8-10-16/h14H,5-13,17H2,1-4H3. The molecule has 118 valence electrons. The van der Waals surface area contributed by atoms with Crippen LogP contribution in [0, 0.1) is 5.41 Å². The maximum Gasteiger partial charge on any atom is 0.223 e. The summed E-state index contributed by atoms with van der Waals surface area (Å²) >= 11 is 0. The summed E-state index contributed by atoms with van der Waals surface area (Å²) in [6.07, 6.45) is 6.62. The summed E-state index contributed by atoms with van der Waals surface area (Å²) in [7, 11) is 4.11. The zero-order valence-corrected chi connectivity index (χ0v) is 13.8. The number of hydrogen-bond acceptors (Lipinski definition) is 3. The average Bonchev–Trinajstić information content (AvgIpc) is 2.39. The van der Waals surface area contributed by atoms with Crippen molar-refractivity contribution in [2.24, 2.45) is 11.1 Å². The smallest absolute Gasteiger partial charge is 0.223 e. The number of hydrogen-bond donors (Lipinski definition) is 1. The van der Waals surface area contributed by atoms with E-state index < -0.39 is 0 Å². The topological polar surface area (TPSA) is 49.6 Å². The zero-order valence-electron chi connectivity index (χ0n) is 13.8. The molecule has 1 saturated carbocycles. The van der Waals surface area contributed by atoms with Crippen LogP contribution in [0.4, 0.5) is 0 Å². The van der Waals surface area contributed by atoms with E-state index in [2.05, 4.69) is 32.8 Å². The van der Waals surface area contributed by atoms with E-state index in [9.17, 15) is 4.79 Å². The van der Waals surface area contributed by atoms with Crippen molar-refractivity contribution in [1.29, 1.82) is 0 Å². The van der Waals surface area contributed by atoms with Gasteiger partial charge in [0.2, 0.25) is 5.91 Å². The molecule has 1 fully saturated rings. The highest BCUT2D eigenvalue weighted by Gasteiger charge is 2.35. The maximum absolute atomic E-state index is 12.7. The monoisotopic (exact) mass is 283 g/mol. The Bertz CT molecular complexity index is 298. The Morgan fingerprint density at radius 1 is 1.25 bits per heavy atom. The van der Waals surface area contributed by atoms with E-state index in [-0.39, 0.29) is 17.4 Å². The number of carbonyl (C=O) groups is 1. The molecule has 1 atom stereocenters. The third-order valence-corrected chi connectivity index (χ3v) is 4.70. The molecule has 0 radical (unpaired) electrons. The molecule has 0 aromatic heterocycles. The van der Waals surface area contributed by atoms with Crippen molar-refractivity contribution in [2.45, 2.75) is 58.4 Å². The molecule has 0 saturated heterocycles. The van der Waals surface area contributed by atoms with E-state index in [1.54, 1.807) is 0 Å². The first-order valence-electron chi connectivity index (χ1n) is 8.08. The summed E-state index contributed by atoms with van der Waals surface area (Å²) in [6, 6.07) is 0.265. The van der Waals surface area contributed by atoms with Crippen LogP contribution in [0.3, 0.4) is 0 Å². The van der Waals surface area contributed by atoms with Gasteiger partial charge in [-0.25, -0.2) is 0 Å². The third kappa shape index (κ3) is 4.74. The van der Waals surface area contributed by atoms with Crippen LogP contribution in [-0.2, 0) is 4.79 Å². The van der Waals surface area contributed by atoms with Crippen molar-refractivity contribution >= 4 is 5.91 Å². The van der Waals surface area contributed by atoms with Crippen LogP contribution >= 0.6 is 0 Å². The van der Waals surface area contributed by atoms with E-state index >= 15 is 0 Å². The number of amides is 1. The van der Waals surface area contributed by atoms with Crippen molar-refractivity contribution in [1.82, 2.24) is 9.80 Å². The molecular weight excluding hydrogens is 250 g/mol. The second kappa shape index (κ2) is 7.99. The first-order valence-corrected chi connectivity index (χ1v) is 8.08. The van der Waals surface area contributed by atoms with Gasteiger partial charge in [0, 0.05) is 25.6 Å². The molecule has 2 N–H and O–H groups in total. The predicted molar refractivity (Wildman–Crippen MR) is 84.6 cm³/mol. The van der Waals surface area contributed by atoms with Crippen molar-refractivity contribution in [3.8, 4) is 0 Å². The van der Waals surface area contributed by atoms with Crippen LogP contribution < -0.4 is 5.73 Å². The highest BCUT2D eigenvalue weighted by molar-refractivity contribution is 5.77. The molecule has 0 aromatic rings. The lowest BCUT2D eigenvalue weighted by molar-refractivity contribution is -0.136. The number of carbonyl (C=O) groups excluding carboxylic acids is 1. The summed E-state index contributed by atoms with van der Waals surface area (Å²) in [6.45, 7) is 6.56. The van der Waals surface area contributed by atoms with E-state index in [0.29, 0.717) is 13.0 Å². The SMILES string of the molecule is CCN(C(=O)CC1(CN)CCCCC1)C(C)CN(C)C. The van der Waals surface area contributed by atoms with Gasteiger partial charge >= 0.3 is 0 Å². The van der Waals surface area contributed by atoms with Gasteiger partial charge in [0.05, 0.1) is 0 Å². The highest BCUT2D eigenvalue weighted by Crippen LogP contribution is 2.38. The van der Waals surface area contributed by atoms with Crippen molar-refractivity contribution in [3.63, 3.8) is 0 Å². The molecule has 1 rings (SSSR count). The van der Waals surface area contributed by atoms with Crippen molar-refractivity contribution in [2.75, 3.05) is 33.7 Å². The number of likely N-dealkylation sites (N-methyl/N-ethyl adjacent to an activating group) is 2. The van der Waals surface area contributed by atoms with Crippen LogP contribution in [-0.4, -0.2) is 55.5 Å². The van der Waals surface area contributed by atoms with E-state index in [1.165, 1.54) is 19.3 Å². The molecule has 20 heavy (non-hydrogen) atoms. The Morgan fingerprint density at radius 2 is 1.85 bits per heavy atom. The second-order valence-electron chi connectivity index (χ2n) is 6.73. The molecule has 0 aromatic carbocycles. The van der Waals surface area contributed by atoms with E-state index in [0.717, 1.165) is 25.9 Å². The largest absolute Gasteiger partial charge is 0.339 e. The van der Waals surface area contributed by atoms with Gasteiger partial charge in [-0.05, 0) is 52.7 Å². The Labute approximate surface area is 124 Å². The summed E-state index contributed by atoms with van der Waals surface area (Å²) in [5, 5.41) is 0. The van der Waals surface area contributed by atoms with Gasteiger partial charge in [-0.3, -0.25) is 4.79 Å².